The molecule has 1 heterocycles. The lowest BCUT2D eigenvalue weighted by molar-refractivity contribution is -0.0539. The summed E-state index contributed by atoms with van der Waals surface area (Å²) in [6.45, 7) is 1.18. The Kier molecular flexibility index (Phi) is 3.92. The molecule has 0 aromatic rings. The molecule has 2 nitrogen and oxygen atoms in total. The van der Waals surface area contributed by atoms with Crippen LogP contribution in [0.1, 0.15) is 12.8 Å². The zero-order chi connectivity index (χ0) is 8.10. The third-order valence-corrected chi connectivity index (χ3v) is 2.44. The summed E-state index contributed by atoms with van der Waals surface area (Å²) < 4.78 is 10.6. The predicted molar refractivity (Wildman–Crippen MR) is 46.5 cm³/mol. The Labute approximate surface area is 75.4 Å². The lowest BCUT2D eigenvalue weighted by Crippen LogP contribution is -2.31. The molecule has 0 bridgehead atoms. The summed E-state index contributed by atoms with van der Waals surface area (Å²) in [5, 5.41) is 0.0181. The number of hydrogen-bond acceptors (Lipinski definition) is 2. The van der Waals surface area contributed by atoms with Crippen LogP contribution in [0, 0.1) is 12.3 Å². The van der Waals surface area contributed by atoms with Crippen molar-refractivity contribution in [2.24, 2.45) is 0 Å². The molecule has 0 amide bonds. The molecule has 1 aliphatic rings. The van der Waals surface area contributed by atoms with E-state index in [1.807, 2.05) is 0 Å². The first-order valence-electron chi connectivity index (χ1n) is 3.65. The van der Waals surface area contributed by atoms with Gasteiger partial charge in [-0.25, -0.2) is 0 Å². The number of alkyl halides is 1. The fraction of sp³-hybridized carbons (Fsp3) is 0.750. The van der Waals surface area contributed by atoms with Gasteiger partial charge in [-0.15, -0.1) is 6.42 Å². The molecule has 1 saturated heterocycles. The molecule has 1 rings (SSSR count). The summed E-state index contributed by atoms with van der Waals surface area (Å²) in [5.74, 6) is 2.44. The monoisotopic (exact) mass is 218 g/mol. The summed E-state index contributed by atoms with van der Waals surface area (Å²) >= 11 is 3.37. The third-order valence-electron chi connectivity index (χ3n) is 1.58. The van der Waals surface area contributed by atoms with Gasteiger partial charge in [-0.1, -0.05) is 21.9 Å². The molecule has 0 N–H and O–H groups in total. The predicted octanol–water partition coefficient (Wildman–Crippen LogP) is 1.54. The van der Waals surface area contributed by atoms with E-state index in [2.05, 4.69) is 21.9 Å². The van der Waals surface area contributed by atoms with Crippen molar-refractivity contribution in [3.8, 4) is 12.3 Å². The maximum absolute atomic E-state index is 5.34. The smallest absolute Gasteiger partial charge is 0.138 e. The number of hydrogen-bond donors (Lipinski definition) is 0. The summed E-state index contributed by atoms with van der Waals surface area (Å²) in [6.07, 6.45) is 7.26. The van der Waals surface area contributed by atoms with Crippen molar-refractivity contribution in [2.45, 2.75) is 24.0 Å². The molecule has 0 aromatic carbocycles. The van der Waals surface area contributed by atoms with Gasteiger partial charge >= 0.3 is 0 Å². The average molecular weight is 219 g/mol. The first kappa shape index (κ1) is 9.05. The zero-order valence-electron chi connectivity index (χ0n) is 6.25. The van der Waals surface area contributed by atoms with Crippen molar-refractivity contribution in [2.75, 3.05) is 13.2 Å². The number of rotatable bonds is 2. The van der Waals surface area contributed by atoms with Crippen LogP contribution in [0.15, 0.2) is 0 Å². The quantitative estimate of drug-likeness (QED) is 0.518. The third kappa shape index (κ3) is 2.82. The van der Waals surface area contributed by atoms with Crippen molar-refractivity contribution >= 4 is 15.9 Å². The van der Waals surface area contributed by atoms with E-state index in [1.165, 1.54) is 0 Å². The zero-order valence-corrected chi connectivity index (χ0v) is 7.84. The van der Waals surface area contributed by atoms with Crippen molar-refractivity contribution in [3.05, 3.63) is 0 Å². The van der Waals surface area contributed by atoms with Gasteiger partial charge in [0, 0.05) is 6.61 Å². The van der Waals surface area contributed by atoms with Crippen LogP contribution in [0.4, 0.5) is 0 Å². The Morgan fingerprint density at radius 1 is 1.73 bits per heavy atom. The average Bonchev–Trinajstić information content (AvgIpc) is 2.03. The van der Waals surface area contributed by atoms with E-state index in [-0.39, 0.29) is 11.1 Å². The van der Waals surface area contributed by atoms with Crippen LogP contribution in [0.5, 0.6) is 0 Å². The Balaban J connectivity index is 2.25. The van der Waals surface area contributed by atoms with Gasteiger partial charge in [0.2, 0.25) is 0 Å². The molecule has 2 atom stereocenters. The van der Waals surface area contributed by atoms with Crippen molar-refractivity contribution in [1.82, 2.24) is 0 Å². The molecule has 1 aliphatic heterocycles. The minimum absolute atomic E-state index is 0.0181. The Morgan fingerprint density at radius 2 is 2.55 bits per heavy atom. The highest BCUT2D eigenvalue weighted by atomic mass is 79.9. The van der Waals surface area contributed by atoms with Crippen molar-refractivity contribution < 1.29 is 9.47 Å². The summed E-state index contributed by atoms with van der Waals surface area (Å²) in [5.41, 5.74) is 0. The van der Waals surface area contributed by atoms with E-state index in [0.717, 1.165) is 19.4 Å². The molecule has 0 saturated carbocycles. The van der Waals surface area contributed by atoms with Crippen molar-refractivity contribution in [1.29, 1.82) is 0 Å². The van der Waals surface area contributed by atoms with E-state index in [1.54, 1.807) is 0 Å². The largest absolute Gasteiger partial charge is 0.364 e. The van der Waals surface area contributed by atoms with Crippen LogP contribution < -0.4 is 0 Å². The number of ether oxygens (including phenoxy) is 2. The lowest BCUT2D eigenvalue weighted by atomic mass is 10.2. The SMILES string of the molecule is C#CCO[C@H]1CCCO[C@@H]1Br. The highest BCUT2D eigenvalue weighted by molar-refractivity contribution is 9.09. The van der Waals surface area contributed by atoms with Gasteiger partial charge in [0.15, 0.2) is 0 Å². The van der Waals surface area contributed by atoms with Crippen LogP contribution in [0.25, 0.3) is 0 Å². The second-order valence-electron chi connectivity index (χ2n) is 2.42. The minimum Gasteiger partial charge on any atom is -0.364 e. The second-order valence-corrected chi connectivity index (χ2v) is 3.32. The maximum atomic E-state index is 5.34. The molecule has 1 fully saturated rings. The molecule has 3 heteroatoms. The second kappa shape index (κ2) is 4.76. The molecule has 11 heavy (non-hydrogen) atoms. The highest BCUT2D eigenvalue weighted by Crippen LogP contribution is 2.21. The van der Waals surface area contributed by atoms with E-state index in [4.69, 9.17) is 15.9 Å². The molecule has 0 aliphatic carbocycles. The normalized spacial score (nSPS) is 31.3. The van der Waals surface area contributed by atoms with E-state index >= 15 is 0 Å². The Bertz CT molecular complexity index is 153. The topological polar surface area (TPSA) is 18.5 Å². The molecule has 62 valence electrons. The van der Waals surface area contributed by atoms with Crippen LogP contribution in [-0.4, -0.2) is 24.3 Å². The summed E-state index contributed by atoms with van der Waals surface area (Å²) in [4.78, 5) is 0. The standard InChI is InChI=1S/C8H11BrO2/c1-2-5-10-7-4-3-6-11-8(7)9/h1,7-8H,3-6H2/t7-,8-/m0/s1. The van der Waals surface area contributed by atoms with Gasteiger partial charge in [0.05, 0.1) is 6.10 Å². The van der Waals surface area contributed by atoms with Gasteiger partial charge in [0.1, 0.15) is 11.6 Å². The van der Waals surface area contributed by atoms with Crippen LogP contribution in [-0.2, 0) is 9.47 Å². The Morgan fingerprint density at radius 3 is 3.18 bits per heavy atom. The van der Waals surface area contributed by atoms with E-state index < -0.39 is 0 Å². The van der Waals surface area contributed by atoms with Crippen molar-refractivity contribution in [3.63, 3.8) is 0 Å². The first-order valence-corrected chi connectivity index (χ1v) is 4.57. The van der Waals surface area contributed by atoms with Gasteiger partial charge in [0.25, 0.3) is 0 Å². The first-order chi connectivity index (χ1) is 5.34. The van der Waals surface area contributed by atoms with Crippen LogP contribution in [0.2, 0.25) is 0 Å². The minimum atomic E-state index is 0.0181. The number of terminal acetylenes is 1. The van der Waals surface area contributed by atoms with E-state index in [0.29, 0.717) is 6.61 Å². The number of halogens is 1. The van der Waals surface area contributed by atoms with Gasteiger partial charge < -0.3 is 9.47 Å². The van der Waals surface area contributed by atoms with E-state index in [9.17, 15) is 0 Å². The Hall–Kier alpha value is -0.0400. The molecule has 0 spiro atoms. The maximum Gasteiger partial charge on any atom is 0.138 e. The van der Waals surface area contributed by atoms with Gasteiger partial charge in [-0.05, 0) is 12.8 Å². The summed E-state index contributed by atoms with van der Waals surface area (Å²) in [7, 11) is 0. The van der Waals surface area contributed by atoms with Gasteiger partial charge in [-0.3, -0.25) is 0 Å². The molecular weight excluding hydrogens is 208 g/mol. The molecule has 0 radical (unpaired) electrons. The fourth-order valence-electron chi connectivity index (χ4n) is 1.03. The van der Waals surface area contributed by atoms with Crippen LogP contribution in [0.3, 0.4) is 0 Å². The molecule has 0 unspecified atom stereocenters. The highest BCUT2D eigenvalue weighted by Gasteiger charge is 2.23. The molecule has 0 aromatic heterocycles. The van der Waals surface area contributed by atoms with Crippen LogP contribution >= 0.6 is 15.9 Å². The molecular formula is C8H11BrO2. The lowest BCUT2D eigenvalue weighted by Gasteiger charge is -2.26. The van der Waals surface area contributed by atoms with Gasteiger partial charge in [-0.2, -0.15) is 0 Å². The summed E-state index contributed by atoms with van der Waals surface area (Å²) in [6, 6.07) is 0. The fourth-order valence-corrected chi connectivity index (χ4v) is 1.64.